The van der Waals surface area contributed by atoms with Gasteiger partial charge in [0.2, 0.25) is 0 Å². The summed E-state index contributed by atoms with van der Waals surface area (Å²) in [6.45, 7) is 2.92. The van der Waals surface area contributed by atoms with Gasteiger partial charge in [0.25, 0.3) is 0 Å². The maximum Gasteiger partial charge on any atom is 0.0729 e. The molecule has 96 valence electrons. The number of methoxy groups -OCH3 is 1. The Morgan fingerprint density at radius 2 is 1.82 bits per heavy atom. The van der Waals surface area contributed by atoms with E-state index in [9.17, 15) is 0 Å². The molecule has 0 aromatic heterocycles. The highest BCUT2D eigenvalue weighted by atomic mass is 79.9. The molecule has 2 N–H and O–H groups in total. The molecule has 1 aromatic rings. The minimum absolute atomic E-state index is 0.550. The summed E-state index contributed by atoms with van der Waals surface area (Å²) in [6.07, 6.45) is 0. The Morgan fingerprint density at radius 3 is 2.53 bits per heavy atom. The van der Waals surface area contributed by atoms with E-state index in [0.29, 0.717) is 33.0 Å². The van der Waals surface area contributed by atoms with Crippen LogP contribution >= 0.6 is 15.9 Å². The fraction of sp³-hybridized carbons (Fsp3) is 0.500. The van der Waals surface area contributed by atoms with Gasteiger partial charge in [0, 0.05) is 17.3 Å². The zero-order chi connectivity index (χ0) is 12.5. The predicted molar refractivity (Wildman–Crippen MR) is 70.9 cm³/mol. The van der Waals surface area contributed by atoms with Crippen LogP contribution in [0.5, 0.6) is 0 Å². The lowest BCUT2D eigenvalue weighted by molar-refractivity contribution is 0.0198. The highest BCUT2D eigenvalue weighted by Gasteiger charge is 2.00. The number of ether oxygens (including phenoxy) is 3. The van der Waals surface area contributed by atoms with Gasteiger partial charge in [-0.3, -0.25) is 0 Å². The van der Waals surface area contributed by atoms with Crippen molar-refractivity contribution in [3.8, 4) is 0 Å². The van der Waals surface area contributed by atoms with Crippen molar-refractivity contribution >= 4 is 21.6 Å². The lowest BCUT2D eigenvalue weighted by Gasteiger charge is -2.07. The zero-order valence-electron chi connectivity index (χ0n) is 9.95. The van der Waals surface area contributed by atoms with Gasteiger partial charge in [-0.25, -0.2) is 0 Å². The van der Waals surface area contributed by atoms with Crippen LogP contribution in [0.25, 0.3) is 0 Å². The van der Waals surface area contributed by atoms with Crippen molar-refractivity contribution in [1.29, 1.82) is 0 Å². The Labute approximate surface area is 110 Å². The molecular weight excluding hydrogens is 286 g/mol. The van der Waals surface area contributed by atoms with Gasteiger partial charge in [-0.05, 0) is 17.7 Å². The van der Waals surface area contributed by atoms with Gasteiger partial charge < -0.3 is 19.9 Å². The molecule has 0 fully saturated rings. The SMILES string of the molecule is COCCOCCOCc1ccc(N)cc1Br. The first-order valence-electron chi connectivity index (χ1n) is 5.42. The summed E-state index contributed by atoms with van der Waals surface area (Å²) in [4.78, 5) is 0. The molecule has 0 aliphatic rings. The van der Waals surface area contributed by atoms with Gasteiger partial charge in [-0.15, -0.1) is 0 Å². The zero-order valence-corrected chi connectivity index (χ0v) is 11.5. The molecule has 0 radical (unpaired) electrons. The molecule has 0 amide bonds. The first-order valence-corrected chi connectivity index (χ1v) is 6.21. The van der Waals surface area contributed by atoms with E-state index in [-0.39, 0.29) is 0 Å². The van der Waals surface area contributed by atoms with E-state index in [4.69, 9.17) is 19.9 Å². The Kier molecular flexibility index (Phi) is 7.19. The highest BCUT2D eigenvalue weighted by Crippen LogP contribution is 2.20. The molecule has 1 rings (SSSR count). The van der Waals surface area contributed by atoms with E-state index in [1.165, 1.54) is 0 Å². The van der Waals surface area contributed by atoms with Gasteiger partial charge in [0.15, 0.2) is 0 Å². The van der Waals surface area contributed by atoms with Gasteiger partial charge in [-0.1, -0.05) is 22.0 Å². The van der Waals surface area contributed by atoms with Gasteiger partial charge in [0.1, 0.15) is 0 Å². The van der Waals surface area contributed by atoms with Crippen LogP contribution < -0.4 is 5.73 Å². The van der Waals surface area contributed by atoms with Crippen molar-refractivity contribution in [2.45, 2.75) is 6.61 Å². The minimum atomic E-state index is 0.550. The average Bonchev–Trinajstić information content (AvgIpc) is 2.30. The third-order valence-electron chi connectivity index (χ3n) is 2.14. The Bertz CT molecular complexity index is 334. The minimum Gasteiger partial charge on any atom is -0.399 e. The maximum atomic E-state index is 5.65. The highest BCUT2D eigenvalue weighted by molar-refractivity contribution is 9.10. The lowest BCUT2D eigenvalue weighted by atomic mass is 10.2. The van der Waals surface area contributed by atoms with Gasteiger partial charge in [-0.2, -0.15) is 0 Å². The molecule has 5 heteroatoms. The van der Waals surface area contributed by atoms with Crippen LogP contribution in [0.15, 0.2) is 22.7 Å². The van der Waals surface area contributed by atoms with E-state index in [0.717, 1.165) is 15.7 Å². The molecule has 0 saturated heterocycles. The smallest absolute Gasteiger partial charge is 0.0729 e. The topological polar surface area (TPSA) is 53.7 Å². The average molecular weight is 304 g/mol. The number of hydrogen-bond acceptors (Lipinski definition) is 4. The van der Waals surface area contributed by atoms with E-state index < -0.39 is 0 Å². The second-order valence-electron chi connectivity index (χ2n) is 3.51. The summed E-state index contributed by atoms with van der Waals surface area (Å²) in [5.74, 6) is 0. The number of benzene rings is 1. The van der Waals surface area contributed by atoms with Gasteiger partial charge >= 0.3 is 0 Å². The number of hydrogen-bond donors (Lipinski definition) is 1. The number of halogens is 1. The van der Waals surface area contributed by atoms with Crippen LogP contribution in [-0.2, 0) is 20.8 Å². The molecule has 0 atom stereocenters. The lowest BCUT2D eigenvalue weighted by Crippen LogP contribution is -2.08. The summed E-state index contributed by atoms with van der Waals surface area (Å²) in [5, 5.41) is 0. The quantitative estimate of drug-likeness (QED) is 0.591. The third-order valence-corrected chi connectivity index (χ3v) is 2.88. The molecular formula is C12H18BrNO3. The number of anilines is 1. The molecule has 0 aliphatic carbocycles. The second-order valence-corrected chi connectivity index (χ2v) is 4.36. The van der Waals surface area contributed by atoms with Crippen LogP contribution in [0.1, 0.15) is 5.56 Å². The summed E-state index contributed by atoms with van der Waals surface area (Å²) < 4.78 is 16.6. The van der Waals surface area contributed by atoms with E-state index >= 15 is 0 Å². The van der Waals surface area contributed by atoms with E-state index in [2.05, 4.69) is 15.9 Å². The fourth-order valence-corrected chi connectivity index (χ4v) is 1.74. The van der Waals surface area contributed by atoms with Crippen LogP contribution in [-0.4, -0.2) is 33.5 Å². The number of rotatable bonds is 8. The van der Waals surface area contributed by atoms with Crippen molar-refractivity contribution < 1.29 is 14.2 Å². The number of nitrogen functional groups attached to an aromatic ring is 1. The fourth-order valence-electron chi connectivity index (χ4n) is 1.22. The van der Waals surface area contributed by atoms with Crippen molar-refractivity contribution in [1.82, 2.24) is 0 Å². The first-order chi connectivity index (χ1) is 8.24. The van der Waals surface area contributed by atoms with E-state index in [1.807, 2.05) is 18.2 Å². The Balaban J connectivity index is 2.14. The van der Waals surface area contributed by atoms with E-state index in [1.54, 1.807) is 7.11 Å². The van der Waals surface area contributed by atoms with Crippen molar-refractivity contribution in [2.24, 2.45) is 0 Å². The molecule has 0 heterocycles. The summed E-state index contributed by atoms with van der Waals surface area (Å²) in [6, 6.07) is 5.68. The Hall–Kier alpha value is -0.620. The van der Waals surface area contributed by atoms with Gasteiger partial charge in [0.05, 0.1) is 33.0 Å². The molecule has 0 aliphatic heterocycles. The standard InChI is InChI=1S/C12H18BrNO3/c1-15-4-5-16-6-7-17-9-10-2-3-11(14)8-12(10)13/h2-3,8H,4-7,9,14H2,1H3. The maximum absolute atomic E-state index is 5.65. The Morgan fingerprint density at radius 1 is 1.12 bits per heavy atom. The molecule has 4 nitrogen and oxygen atoms in total. The summed E-state index contributed by atoms with van der Waals surface area (Å²) >= 11 is 3.44. The predicted octanol–water partition coefficient (Wildman–Crippen LogP) is 2.21. The normalized spacial score (nSPS) is 10.7. The summed E-state index contributed by atoms with van der Waals surface area (Å²) in [5.41, 5.74) is 7.47. The largest absolute Gasteiger partial charge is 0.399 e. The number of nitrogens with two attached hydrogens (primary N) is 1. The van der Waals surface area contributed by atoms with Crippen molar-refractivity contribution in [3.05, 3.63) is 28.2 Å². The molecule has 0 unspecified atom stereocenters. The van der Waals surface area contributed by atoms with Crippen LogP contribution in [0, 0.1) is 0 Å². The van der Waals surface area contributed by atoms with Crippen LogP contribution in [0.2, 0.25) is 0 Å². The molecule has 0 spiro atoms. The van der Waals surface area contributed by atoms with Crippen molar-refractivity contribution in [2.75, 3.05) is 39.3 Å². The van der Waals surface area contributed by atoms with Crippen LogP contribution in [0.4, 0.5) is 5.69 Å². The molecule has 1 aromatic carbocycles. The first kappa shape index (κ1) is 14.4. The molecule has 0 saturated carbocycles. The molecule has 17 heavy (non-hydrogen) atoms. The van der Waals surface area contributed by atoms with Crippen LogP contribution in [0.3, 0.4) is 0 Å². The monoisotopic (exact) mass is 303 g/mol. The third kappa shape index (κ3) is 6.02. The molecule has 0 bridgehead atoms. The second kappa shape index (κ2) is 8.47. The summed E-state index contributed by atoms with van der Waals surface area (Å²) in [7, 11) is 1.65. The van der Waals surface area contributed by atoms with Crippen molar-refractivity contribution in [3.63, 3.8) is 0 Å².